The first kappa shape index (κ1) is 22.6. The van der Waals surface area contributed by atoms with Crippen molar-refractivity contribution in [3.05, 3.63) is 104 Å². The maximum absolute atomic E-state index is 13.3. The summed E-state index contributed by atoms with van der Waals surface area (Å²) >= 11 is 7.92. The van der Waals surface area contributed by atoms with Gasteiger partial charge in [-0.1, -0.05) is 47.7 Å². The van der Waals surface area contributed by atoms with Crippen molar-refractivity contribution < 1.29 is 14.1 Å². The monoisotopic (exact) mass is 542 g/mol. The Labute approximate surface area is 222 Å². The van der Waals surface area contributed by atoms with Crippen LogP contribution in [0.1, 0.15) is 10.9 Å². The zero-order valence-electron chi connectivity index (χ0n) is 19.3. The third-order valence-corrected chi connectivity index (χ3v) is 8.24. The lowest BCUT2D eigenvalue weighted by atomic mass is 9.95. The Morgan fingerprint density at radius 2 is 1.79 bits per heavy atom. The van der Waals surface area contributed by atoms with E-state index in [1.165, 1.54) is 34.4 Å². The third kappa shape index (κ3) is 3.20. The van der Waals surface area contributed by atoms with Crippen LogP contribution >= 0.6 is 22.9 Å². The van der Waals surface area contributed by atoms with E-state index in [2.05, 4.69) is 0 Å². The number of aromatic nitrogens is 2. The van der Waals surface area contributed by atoms with Crippen LogP contribution in [0.4, 0.5) is 11.4 Å². The molecule has 1 aliphatic rings. The molecule has 0 aliphatic carbocycles. The fourth-order valence-electron chi connectivity index (χ4n) is 4.97. The van der Waals surface area contributed by atoms with Crippen LogP contribution in [-0.4, -0.2) is 25.6 Å². The first-order valence-corrected chi connectivity index (χ1v) is 12.8. The van der Waals surface area contributed by atoms with Gasteiger partial charge in [0.2, 0.25) is 5.91 Å². The van der Waals surface area contributed by atoms with Gasteiger partial charge in [0, 0.05) is 17.5 Å². The van der Waals surface area contributed by atoms with Gasteiger partial charge < -0.3 is 9.32 Å². The van der Waals surface area contributed by atoms with Gasteiger partial charge in [-0.15, -0.1) is 11.6 Å². The van der Waals surface area contributed by atoms with Gasteiger partial charge in [0.25, 0.3) is 5.69 Å². The minimum absolute atomic E-state index is 0.144. The van der Waals surface area contributed by atoms with Crippen molar-refractivity contribution in [2.45, 2.75) is 11.4 Å². The highest BCUT2D eigenvalue weighted by molar-refractivity contribution is 7.17. The van der Waals surface area contributed by atoms with Crippen molar-refractivity contribution >= 4 is 67.2 Å². The van der Waals surface area contributed by atoms with E-state index in [1.807, 2.05) is 40.8 Å². The van der Waals surface area contributed by atoms with E-state index in [9.17, 15) is 19.7 Å². The average molecular weight is 543 g/mol. The van der Waals surface area contributed by atoms with Gasteiger partial charge in [0.1, 0.15) is 11.0 Å². The van der Waals surface area contributed by atoms with Gasteiger partial charge in [-0.25, -0.2) is 9.78 Å². The topological polar surface area (TPSA) is 111 Å². The molecule has 1 aliphatic heterocycles. The molecule has 1 saturated heterocycles. The highest BCUT2D eigenvalue weighted by Crippen LogP contribution is 2.49. The number of nitrogens with zero attached hydrogens (tertiary/aromatic N) is 4. The van der Waals surface area contributed by atoms with E-state index in [0.717, 1.165) is 16.4 Å². The summed E-state index contributed by atoms with van der Waals surface area (Å²) in [7, 11) is 0. The number of carbonyl (C=O) groups excluding carboxylic acids is 1. The number of nitro groups is 1. The van der Waals surface area contributed by atoms with Gasteiger partial charge >= 0.3 is 5.63 Å². The van der Waals surface area contributed by atoms with Crippen LogP contribution < -0.4 is 10.5 Å². The molecular formula is C27H15ClN4O5S. The van der Waals surface area contributed by atoms with Crippen LogP contribution in [0.5, 0.6) is 0 Å². The number of hydrogen-bond acceptors (Lipinski definition) is 7. The number of rotatable bonds is 4. The third-order valence-electron chi connectivity index (χ3n) is 6.70. The molecule has 3 aromatic heterocycles. The molecule has 0 spiro atoms. The van der Waals surface area contributed by atoms with Crippen molar-refractivity contribution in [2.24, 2.45) is 0 Å². The first-order chi connectivity index (χ1) is 18.4. The Balaban J connectivity index is 1.51. The van der Waals surface area contributed by atoms with Gasteiger partial charge in [-0.2, -0.15) is 0 Å². The van der Waals surface area contributed by atoms with Crippen LogP contribution in [-0.2, 0) is 4.79 Å². The maximum atomic E-state index is 13.3. The van der Waals surface area contributed by atoms with Crippen LogP contribution in [0, 0.1) is 10.1 Å². The molecule has 4 heterocycles. The van der Waals surface area contributed by atoms with Gasteiger partial charge in [-0.05, 0) is 30.3 Å². The summed E-state index contributed by atoms with van der Waals surface area (Å²) in [6.07, 6.45) is 0. The number of thiazole rings is 1. The van der Waals surface area contributed by atoms with Crippen molar-refractivity contribution in [3.8, 4) is 11.3 Å². The lowest BCUT2D eigenvalue weighted by molar-refractivity contribution is -0.384. The fourth-order valence-corrected chi connectivity index (χ4v) is 6.67. The molecular weight excluding hydrogens is 528 g/mol. The van der Waals surface area contributed by atoms with Gasteiger partial charge in [-0.3, -0.25) is 19.3 Å². The highest BCUT2D eigenvalue weighted by atomic mass is 35.5. The number of carbonyl (C=O) groups is 1. The summed E-state index contributed by atoms with van der Waals surface area (Å²) in [6.45, 7) is 0. The zero-order chi connectivity index (χ0) is 26.1. The zero-order valence-corrected chi connectivity index (χ0v) is 20.8. The Bertz CT molecular complexity index is 2010. The number of amides is 1. The number of imidazole rings is 1. The number of non-ortho nitro benzene ring substituents is 1. The molecule has 2 atom stereocenters. The van der Waals surface area contributed by atoms with E-state index in [0.29, 0.717) is 32.4 Å². The van der Waals surface area contributed by atoms with Crippen LogP contribution in [0.2, 0.25) is 0 Å². The Morgan fingerprint density at radius 1 is 1.00 bits per heavy atom. The number of benzene rings is 3. The summed E-state index contributed by atoms with van der Waals surface area (Å²) in [5.41, 5.74) is 2.48. The molecule has 0 bridgehead atoms. The summed E-state index contributed by atoms with van der Waals surface area (Å²) in [5.74, 6) is -0.385. The van der Waals surface area contributed by atoms with E-state index in [-0.39, 0.29) is 11.6 Å². The summed E-state index contributed by atoms with van der Waals surface area (Å²) in [5, 5.41) is 11.2. The van der Waals surface area contributed by atoms with Crippen molar-refractivity contribution in [3.63, 3.8) is 0 Å². The molecule has 0 saturated carbocycles. The number of alkyl halides is 1. The summed E-state index contributed by atoms with van der Waals surface area (Å²) < 4.78 is 7.55. The number of hydrogen-bond donors (Lipinski definition) is 0. The quantitative estimate of drug-likeness (QED) is 0.0898. The van der Waals surface area contributed by atoms with E-state index < -0.39 is 22.0 Å². The highest BCUT2D eigenvalue weighted by Gasteiger charge is 2.50. The normalized spacial score (nSPS) is 17.4. The predicted octanol–water partition coefficient (Wildman–Crippen LogP) is 5.93. The van der Waals surface area contributed by atoms with E-state index >= 15 is 0 Å². The predicted molar refractivity (Wildman–Crippen MR) is 145 cm³/mol. The molecule has 6 aromatic rings. The SMILES string of the molecule is O=C1C(Cl)C(c2sc3nc4ccccc4n3c2-c2cc3ccccc3oc2=O)N1c1cccc([N+](=O)[O-])c1. The van der Waals surface area contributed by atoms with Gasteiger partial charge in [0.05, 0.1) is 43.8 Å². The summed E-state index contributed by atoms with van der Waals surface area (Å²) in [4.78, 5) is 44.7. The fraction of sp³-hybridized carbons (Fsp3) is 0.0741. The van der Waals surface area contributed by atoms with Crippen molar-refractivity contribution in [1.82, 2.24) is 9.38 Å². The molecule has 38 heavy (non-hydrogen) atoms. The molecule has 9 nitrogen and oxygen atoms in total. The van der Waals surface area contributed by atoms with E-state index in [4.69, 9.17) is 21.0 Å². The van der Waals surface area contributed by atoms with Crippen LogP contribution in [0.25, 0.3) is 38.2 Å². The average Bonchev–Trinajstić information content (AvgIpc) is 3.46. The number of β-lactam (4-membered cyclic amide) rings is 1. The Hall–Kier alpha value is -4.54. The number of nitro benzene ring substituents is 1. The molecule has 1 fully saturated rings. The number of para-hydroxylation sites is 3. The Morgan fingerprint density at radius 3 is 2.63 bits per heavy atom. The minimum atomic E-state index is -0.935. The van der Waals surface area contributed by atoms with Crippen molar-refractivity contribution in [1.29, 1.82) is 0 Å². The van der Waals surface area contributed by atoms with Crippen LogP contribution in [0.3, 0.4) is 0 Å². The minimum Gasteiger partial charge on any atom is -0.422 e. The molecule has 0 N–H and O–H groups in total. The largest absolute Gasteiger partial charge is 0.422 e. The molecule has 7 rings (SSSR count). The second-order valence-electron chi connectivity index (χ2n) is 8.85. The molecule has 2 unspecified atom stereocenters. The number of anilines is 1. The molecule has 1 amide bonds. The smallest absolute Gasteiger partial charge is 0.345 e. The Kier molecular flexibility index (Phi) is 4.91. The van der Waals surface area contributed by atoms with Gasteiger partial charge in [0.15, 0.2) is 4.96 Å². The molecule has 3 aromatic carbocycles. The molecule has 11 heteroatoms. The second kappa shape index (κ2) is 8.23. The molecule has 186 valence electrons. The molecule has 0 radical (unpaired) electrons. The van der Waals surface area contributed by atoms with E-state index in [1.54, 1.807) is 24.3 Å². The first-order valence-electron chi connectivity index (χ1n) is 11.6. The standard InChI is InChI=1S/C27H15ClN4O5S/c28-21-23(30(25(21)33)15-7-5-8-16(13-15)32(35)36)24-22(17-12-14-6-1-4-11-20(14)37-26(17)34)31-19-10-3-2-9-18(19)29-27(31)38-24/h1-13,21,23H. The number of fused-ring (bicyclic) bond motifs is 4. The second-order valence-corrected chi connectivity index (χ2v) is 10.3. The maximum Gasteiger partial charge on any atom is 0.345 e. The summed E-state index contributed by atoms with van der Waals surface area (Å²) in [6, 6.07) is 21.7. The van der Waals surface area contributed by atoms with Crippen LogP contribution in [0.15, 0.2) is 88.1 Å². The number of halogens is 1. The lowest BCUT2D eigenvalue weighted by Gasteiger charge is -2.44. The lowest BCUT2D eigenvalue weighted by Crippen LogP contribution is -2.56. The van der Waals surface area contributed by atoms with Crippen molar-refractivity contribution in [2.75, 3.05) is 4.90 Å².